The highest BCUT2D eigenvalue weighted by atomic mass is 15.0. The van der Waals surface area contributed by atoms with E-state index in [0.29, 0.717) is 0 Å². The van der Waals surface area contributed by atoms with Gasteiger partial charge in [0.2, 0.25) is 0 Å². The van der Waals surface area contributed by atoms with E-state index in [1.54, 1.807) is 0 Å². The number of fused-ring (bicyclic) bond motifs is 13. The van der Waals surface area contributed by atoms with Crippen LogP contribution in [-0.2, 0) is 12.8 Å². The molecule has 0 radical (unpaired) electrons. The van der Waals surface area contributed by atoms with Crippen molar-refractivity contribution in [2.45, 2.75) is 12.8 Å². The third kappa shape index (κ3) is 1.89. The summed E-state index contributed by atoms with van der Waals surface area (Å²) < 4.78 is 2.21. The Kier molecular flexibility index (Phi) is 2.74. The zero-order valence-corrected chi connectivity index (χ0v) is 16.8. The lowest BCUT2D eigenvalue weighted by molar-refractivity contribution is 1.23. The summed E-state index contributed by atoms with van der Waals surface area (Å²) in [5.41, 5.74) is 13.5. The van der Waals surface area contributed by atoms with Crippen LogP contribution in [0.2, 0.25) is 0 Å². The first-order valence-electron chi connectivity index (χ1n) is 10.8. The van der Waals surface area contributed by atoms with Gasteiger partial charge in [0.15, 0.2) is 0 Å². The zero-order chi connectivity index (χ0) is 20.1. The summed E-state index contributed by atoms with van der Waals surface area (Å²) in [7, 11) is 0. The number of benzene rings is 3. The molecule has 3 aromatic heterocycles. The monoisotopic (exact) mass is 395 g/mol. The Morgan fingerprint density at radius 2 is 1.58 bits per heavy atom. The van der Waals surface area contributed by atoms with Crippen molar-refractivity contribution in [3.63, 3.8) is 0 Å². The van der Waals surface area contributed by atoms with E-state index >= 15 is 0 Å². The van der Waals surface area contributed by atoms with Crippen molar-refractivity contribution in [2.24, 2.45) is 0 Å². The second-order valence-corrected chi connectivity index (χ2v) is 8.71. The molecule has 0 aliphatic heterocycles. The van der Waals surface area contributed by atoms with E-state index < -0.39 is 0 Å². The molecule has 0 spiro atoms. The predicted octanol–water partition coefficient (Wildman–Crippen LogP) is 6.18. The van der Waals surface area contributed by atoms with Crippen molar-refractivity contribution in [3.8, 4) is 22.3 Å². The molecule has 3 heterocycles. The van der Waals surface area contributed by atoms with Gasteiger partial charge in [-0.2, -0.15) is 0 Å². The van der Waals surface area contributed by atoms with Crippen LogP contribution in [-0.4, -0.2) is 14.4 Å². The molecule has 0 saturated heterocycles. The maximum absolute atomic E-state index is 4.77. The average molecular weight is 395 g/mol. The minimum atomic E-state index is 0.950. The van der Waals surface area contributed by atoms with E-state index in [9.17, 15) is 0 Å². The van der Waals surface area contributed by atoms with Crippen molar-refractivity contribution < 1.29 is 0 Å². The van der Waals surface area contributed by atoms with Crippen molar-refractivity contribution in [1.82, 2.24) is 14.4 Å². The van der Waals surface area contributed by atoms with Crippen LogP contribution in [0, 0.1) is 0 Å². The van der Waals surface area contributed by atoms with Crippen LogP contribution in [0.4, 0.5) is 0 Å². The van der Waals surface area contributed by atoms with Crippen LogP contribution in [0.1, 0.15) is 22.3 Å². The molecular formula is C28H17N3. The van der Waals surface area contributed by atoms with Gasteiger partial charge in [0.25, 0.3) is 0 Å². The van der Waals surface area contributed by atoms with Gasteiger partial charge in [-0.1, -0.05) is 36.4 Å². The molecule has 0 bridgehead atoms. The Bertz CT molecular complexity index is 1740. The number of imidazole rings is 1. The summed E-state index contributed by atoms with van der Waals surface area (Å²) >= 11 is 0. The summed E-state index contributed by atoms with van der Waals surface area (Å²) in [6.45, 7) is 0. The second kappa shape index (κ2) is 5.38. The lowest BCUT2D eigenvalue weighted by Crippen LogP contribution is -1.94. The van der Waals surface area contributed by atoms with Gasteiger partial charge in [-0.3, -0.25) is 9.38 Å². The Morgan fingerprint density at radius 3 is 2.55 bits per heavy atom. The molecule has 3 nitrogen and oxygen atoms in total. The Balaban J connectivity index is 1.44. The van der Waals surface area contributed by atoms with E-state index in [1.165, 1.54) is 60.7 Å². The lowest BCUT2D eigenvalue weighted by Gasteiger charge is -2.11. The van der Waals surface area contributed by atoms with E-state index in [1.807, 2.05) is 18.6 Å². The summed E-state index contributed by atoms with van der Waals surface area (Å²) in [5.74, 6) is 0. The molecule has 144 valence electrons. The van der Waals surface area contributed by atoms with Gasteiger partial charge in [-0.25, -0.2) is 4.98 Å². The van der Waals surface area contributed by atoms with E-state index in [4.69, 9.17) is 4.98 Å². The number of hydrogen-bond acceptors (Lipinski definition) is 2. The predicted molar refractivity (Wildman–Crippen MR) is 124 cm³/mol. The molecular weight excluding hydrogens is 378 g/mol. The van der Waals surface area contributed by atoms with Crippen molar-refractivity contribution >= 4 is 27.3 Å². The first-order chi connectivity index (χ1) is 15.4. The van der Waals surface area contributed by atoms with Gasteiger partial charge in [0, 0.05) is 35.6 Å². The minimum absolute atomic E-state index is 0.950. The van der Waals surface area contributed by atoms with Crippen LogP contribution in [0.5, 0.6) is 0 Å². The highest BCUT2D eigenvalue weighted by Gasteiger charge is 2.27. The van der Waals surface area contributed by atoms with Gasteiger partial charge in [0.05, 0.1) is 5.52 Å². The molecule has 3 heteroatoms. The van der Waals surface area contributed by atoms with E-state index in [2.05, 4.69) is 70.2 Å². The molecule has 0 atom stereocenters. The normalized spacial score (nSPS) is 13.5. The summed E-state index contributed by atoms with van der Waals surface area (Å²) in [6.07, 6.45) is 9.78. The molecule has 0 N–H and O–H groups in total. The van der Waals surface area contributed by atoms with Crippen molar-refractivity contribution in [3.05, 3.63) is 102 Å². The number of rotatable bonds is 0. The third-order valence-electron chi connectivity index (χ3n) is 7.20. The van der Waals surface area contributed by atoms with Gasteiger partial charge >= 0.3 is 0 Å². The molecule has 0 unspecified atom stereocenters. The van der Waals surface area contributed by atoms with Gasteiger partial charge in [0.1, 0.15) is 5.65 Å². The first-order valence-corrected chi connectivity index (χ1v) is 10.8. The third-order valence-corrected chi connectivity index (χ3v) is 7.20. The van der Waals surface area contributed by atoms with Gasteiger partial charge < -0.3 is 0 Å². The maximum Gasteiger partial charge on any atom is 0.145 e. The molecule has 0 fully saturated rings. The topological polar surface area (TPSA) is 30.2 Å². The second-order valence-electron chi connectivity index (χ2n) is 8.71. The van der Waals surface area contributed by atoms with Crippen LogP contribution in [0.3, 0.4) is 0 Å². The fourth-order valence-corrected chi connectivity index (χ4v) is 5.87. The van der Waals surface area contributed by atoms with E-state index in [-0.39, 0.29) is 0 Å². The largest absolute Gasteiger partial charge is 0.299 e. The standard InChI is InChI=1S/C28H17N3/c1-2-4-19-16(3-1)11-17-12-23-18(13-22(17)19)14-24-20(23)5-6-21-25-15-29-8-7-26(25)31-10-9-30-28(31)27(21)24/h1-10,12-13,15H,11,14H2. The molecule has 0 saturated carbocycles. The minimum Gasteiger partial charge on any atom is -0.299 e. The summed E-state index contributed by atoms with van der Waals surface area (Å²) in [5, 5.41) is 3.68. The van der Waals surface area contributed by atoms with Crippen LogP contribution in [0.15, 0.2) is 79.4 Å². The van der Waals surface area contributed by atoms with Gasteiger partial charge in [-0.15, -0.1) is 0 Å². The fraction of sp³-hybridized carbons (Fsp3) is 0.0714. The smallest absolute Gasteiger partial charge is 0.145 e. The lowest BCUT2D eigenvalue weighted by atomic mass is 9.96. The van der Waals surface area contributed by atoms with Gasteiger partial charge in [-0.05, 0) is 80.9 Å². The molecule has 8 rings (SSSR count). The summed E-state index contributed by atoms with van der Waals surface area (Å²) in [4.78, 5) is 9.19. The number of nitrogens with zero attached hydrogens (tertiary/aromatic N) is 3. The average Bonchev–Trinajstić information content (AvgIpc) is 3.52. The van der Waals surface area contributed by atoms with Crippen LogP contribution < -0.4 is 0 Å². The highest BCUT2D eigenvalue weighted by Crippen LogP contribution is 2.47. The number of pyridine rings is 2. The summed E-state index contributed by atoms with van der Waals surface area (Å²) in [6, 6.07) is 20.4. The number of aromatic nitrogens is 3. The SMILES string of the molecule is c1ccc2c(c1)Cc1cc3c(cc1-2)Cc1c-3ccc2c3cnccc3n3ccnc3c12. The molecule has 0 amide bonds. The number of hydrogen-bond donors (Lipinski definition) is 0. The fourth-order valence-electron chi connectivity index (χ4n) is 5.87. The Hall–Kier alpha value is -3.98. The molecule has 3 aromatic carbocycles. The van der Waals surface area contributed by atoms with Crippen LogP contribution in [0.25, 0.3) is 49.6 Å². The molecule has 6 aromatic rings. The molecule has 31 heavy (non-hydrogen) atoms. The van der Waals surface area contributed by atoms with Crippen molar-refractivity contribution in [1.29, 1.82) is 0 Å². The van der Waals surface area contributed by atoms with Crippen molar-refractivity contribution in [2.75, 3.05) is 0 Å². The quantitative estimate of drug-likeness (QED) is 0.287. The van der Waals surface area contributed by atoms with Crippen LogP contribution >= 0.6 is 0 Å². The zero-order valence-electron chi connectivity index (χ0n) is 16.8. The highest BCUT2D eigenvalue weighted by molar-refractivity contribution is 6.15. The maximum atomic E-state index is 4.77. The molecule has 2 aliphatic carbocycles. The molecule has 2 aliphatic rings. The van der Waals surface area contributed by atoms with E-state index in [0.717, 1.165) is 24.0 Å². The Labute approximate surface area is 178 Å². The Morgan fingerprint density at radius 1 is 0.710 bits per heavy atom. The first kappa shape index (κ1) is 15.8.